The molecule has 2 nitrogen and oxygen atoms in total. The zero-order valence-corrected chi connectivity index (χ0v) is 7.26. The van der Waals surface area contributed by atoms with Crippen LogP contribution < -0.4 is 0 Å². The van der Waals surface area contributed by atoms with Gasteiger partial charge in [0.05, 0.1) is 0 Å². The zero-order chi connectivity index (χ0) is 8.53. The molecule has 0 N–H and O–H groups in total. The molecule has 11 heavy (non-hydrogen) atoms. The Morgan fingerprint density at radius 1 is 1.45 bits per heavy atom. The summed E-state index contributed by atoms with van der Waals surface area (Å²) < 4.78 is 4.76. The minimum Gasteiger partial charge on any atom is -0.372 e. The van der Waals surface area contributed by atoms with Crippen molar-refractivity contribution in [2.24, 2.45) is 0 Å². The van der Waals surface area contributed by atoms with Gasteiger partial charge in [-0.15, -0.1) is 0 Å². The van der Waals surface area contributed by atoms with Gasteiger partial charge in [-0.1, -0.05) is 18.8 Å². The van der Waals surface area contributed by atoms with Crippen molar-refractivity contribution in [1.29, 1.82) is 0 Å². The molecule has 0 aliphatic rings. The van der Waals surface area contributed by atoms with Gasteiger partial charge in [-0.05, 0) is 13.1 Å². The van der Waals surface area contributed by atoms with Gasteiger partial charge in [-0.3, -0.25) is 0 Å². The highest BCUT2D eigenvalue weighted by Crippen LogP contribution is 1.82. The molecule has 0 saturated carbocycles. The Bertz CT molecular complexity index is 139. The molecule has 0 rings (SSSR count). The van der Waals surface area contributed by atoms with Crippen LogP contribution in [0.4, 0.5) is 0 Å². The Morgan fingerprint density at radius 3 is 2.73 bits per heavy atom. The lowest BCUT2D eigenvalue weighted by Crippen LogP contribution is -2.20. The van der Waals surface area contributed by atoms with Gasteiger partial charge in [0.1, 0.15) is 6.61 Å². The van der Waals surface area contributed by atoms with E-state index in [0.717, 1.165) is 19.5 Å². The Balaban J connectivity index is 3.20. The Kier molecular flexibility index (Phi) is 7.33. The Morgan fingerprint density at radius 2 is 2.18 bits per heavy atom. The monoisotopic (exact) mass is 151 g/mol. The van der Waals surface area contributed by atoms with E-state index in [2.05, 4.69) is 11.8 Å². The molecule has 0 amide bonds. The third kappa shape index (κ3) is 7.44. The quantitative estimate of drug-likeness (QED) is 0.426. The zero-order valence-electron chi connectivity index (χ0n) is 7.26. The van der Waals surface area contributed by atoms with Gasteiger partial charge in [0.25, 0.3) is 0 Å². The van der Waals surface area contributed by atoms with Crippen LogP contribution in [0, 0.1) is 11.8 Å². The summed E-state index contributed by atoms with van der Waals surface area (Å²) in [6, 6.07) is 0. The topological polar surface area (TPSA) is 12.5 Å². The van der Waals surface area contributed by atoms with Crippen molar-refractivity contribution in [1.82, 2.24) is 4.81 Å². The fourth-order valence-corrected chi connectivity index (χ4v) is 0.569. The van der Waals surface area contributed by atoms with E-state index in [-0.39, 0.29) is 0 Å². The molecule has 60 valence electrons. The summed E-state index contributed by atoms with van der Waals surface area (Å²) in [7, 11) is 7.16. The number of methoxy groups -OCH3 is 1. The second kappa shape index (κ2) is 7.65. The van der Waals surface area contributed by atoms with Crippen LogP contribution in [-0.2, 0) is 4.74 Å². The highest BCUT2D eigenvalue weighted by Gasteiger charge is 1.88. The molecule has 0 aliphatic carbocycles. The summed E-state index contributed by atoms with van der Waals surface area (Å²) >= 11 is 0. The maximum atomic E-state index is 5.52. The van der Waals surface area contributed by atoms with Crippen molar-refractivity contribution < 1.29 is 4.74 Å². The van der Waals surface area contributed by atoms with E-state index >= 15 is 0 Å². The van der Waals surface area contributed by atoms with Crippen molar-refractivity contribution in [2.75, 3.05) is 26.8 Å². The molecular weight excluding hydrogens is 137 g/mol. The first-order chi connectivity index (χ1) is 5.31. The highest BCUT2D eigenvalue weighted by molar-refractivity contribution is 6.04. The third-order valence-electron chi connectivity index (χ3n) is 1.27. The van der Waals surface area contributed by atoms with Gasteiger partial charge < -0.3 is 9.55 Å². The van der Waals surface area contributed by atoms with E-state index in [4.69, 9.17) is 12.7 Å². The molecule has 0 atom stereocenters. The predicted octanol–water partition coefficient (Wildman–Crippen LogP) is 0.432. The van der Waals surface area contributed by atoms with E-state index in [1.165, 1.54) is 0 Å². The lowest BCUT2D eigenvalue weighted by Gasteiger charge is -2.10. The van der Waals surface area contributed by atoms with E-state index in [1.807, 2.05) is 6.92 Å². The summed E-state index contributed by atoms with van der Waals surface area (Å²) in [5.41, 5.74) is 0. The lowest BCUT2D eigenvalue weighted by atomic mass is 10.2. The number of nitrogens with zero attached hydrogens (tertiary/aromatic N) is 1. The molecule has 0 aromatic carbocycles. The average molecular weight is 151 g/mol. The van der Waals surface area contributed by atoms with Gasteiger partial charge >= 0.3 is 0 Å². The van der Waals surface area contributed by atoms with Crippen molar-refractivity contribution in [3.8, 4) is 11.8 Å². The van der Waals surface area contributed by atoms with Crippen LogP contribution in [-0.4, -0.2) is 39.6 Å². The first kappa shape index (κ1) is 10.5. The fourth-order valence-electron chi connectivity index (χ4n) is 0.569. The second-order valence-corrected chi connectivity index (χ2v) is 2.17. The second-order valence-electron chi connectivity index (χ2n) is 2.17. The molecule has 0 bridgehead atoms. The first-order valence-corrected chi connectivity index (χ1v) is 3.75. The van der Waals surface area contributed by atoms with Crippen LogP contribution in [0.5, 0.6) is 0 Å². The van der Waals surface area contributed by atoms with Gasteiger partial charge in [0, 0.05) is 13.5 Å². The number of hydrogen-bond donors (Lipinski definition) is 0. The van der Waals surface area contributed by atoms with Gasteiger partial charge in [-0.2, -0.15) is 0 Å². The lowest BCUT2D eigenvalue weighted by molar-refractivity contribution is 0.239. The van der Waals surface area contributed by atoms with Crippen LogP contribution in [0.3, 0.4) is 0 Å². The van der Waals surface area contributed by atoms with Crippen molar-refractivity contribution in [2.45, 2.75) is 13.3 Å². The standard InChI is InChI=1S/C8H14BNO/c1-3-10(9)7-5-4-6-8-11-2/h3,5,7-8H2,1-2H3. The van der Waals surface area contributed by atoms with Crippen molar-refractivity contribution >= 4 is 7.98 Å². The molecule has 0 unspecified atom stereocenters. The molecule has 2 radical (unpaired) electrons. The molecule has 0 aromatic heterocycles. The third-order valence-corrected chi connectivity index (χ3v) is 1.27. The molecule has 0 saturated heterocycles. The maximum Gasteiger partial charge on any atom is 0.182 e. The number of rotatable bonds is 4. The molecule has 0 aromatic rings. The van der Waals surface area contributed by atoms with Crippen molar-refractivity contribution in [3.05, 3.63) is 0 Å². The molecule has 0 aliphatic heterocycles. The SMILES string of the molecule is [B]N(CC)CCC#CCOC. The van der Waals surface area contributed by atoms with Crippen LogP contribution in [0.1, 0.15) is 13.3 Å². The molecule has 0 heterocycles. The molecule has 3 heteroatoms. The van der Waals surface area contributed by atoms with Gasteiger partial charge in [-0.25, -0.2) is 0 Å². The van der Waals surface area contributed by atoms with Crippen LogP contribution in [0.2, 0.25) is 0 Å². The van der Waals surface area contributed by atoms with E-state index in [1.54, 1.807) is 11.9 Å². The van der Waals surface area contributed by atoms with E-state index in [0.29, 0.717) is 6.61 Å². The highest BCUT2D eigenvalue weighted by atomic mass is 16.5. The minimum atomic E-state index is 0.511. The van der Waals surface area contributed by atoms with Crippen LogP contribution in [0.15, 0.2) is 0 Å². The summed E-state index contributed by atoms with van der Waals surface area (Å²) in [5, 5.41) is 0. The van der Waals surface area contributed by atoms with Gasteiger partial charge in [0.15, 0.2) is 7.98 Å². The largest absolute Gasteiger partial charge is 0.372 e. The predicted molar refractivity (Wildman–Crippen MR) is 47.3 cm³/mol. The summed E-state index contributed by atoms with van der Waals surface area (Å²) in [4.78, 5) is 1.74. The van der Waals surface area contributed by atoms with E-state index < -0.39 is 0 Å². The Labute approximate surface area is 70.3 Å². The van der Waals surface area contributed by atoms with Crippen molar-refractivity contribution in [3.63, 3.8) is 0 Å². The summed E-state index contributed by atoms with van der Waals surface area (Å²) in [6.45, 7) is 4.22. The van der Waals surface area contributed by atoms with Crippen LogP contribution >= 0.6 is 0 Å². The molecule has 0 spiro atoms. The minimum absolute atomic E-state index is 0.511. The number of hydrogen-bond acceptors (Lipinski definition) is 2. The normalized spacial score (nSPS) is 9.36. The molecular formula is C8H14BNO. The first-order valence-electron chi connectivity index (χ1n) is 3.75. The average Bonchev–Trinajstić information content (AvgIpc) is 2.04. The number of ether oxygens (including phenoxy) is 1. The Hall–Kier alpha value is -0.455. The summed E-state index contributed by atoms with van der Waals surface area (Å²) in [5.74, 6) is 5.81. The maximum absolute atomic E-state index is 5.52. The van der Waals surface area contributed by atoms with E-state index in [9.17, 15) is 0 Å². The molecule has 0 fully saturated rings. The van der Waals surface area contributed by atoms with Crippen LogP contribution in [0.25, 0.3) is 0 Å². The fraction of sp³-hybridized carbons (Fsp3) is 0.750. The smallest absolute Gasteiger partial charge is 0.182 e. The van der Waals surface area contributed by atoms with Gasteiger partial charge in [0.2, 0.25) is 0 Å². The summed E-state index contributed by atoms with van der Waals surface area (Å²) in [6.07, 6.45) is 0.813.